The van der Waals surface area contributed by atoms with Gasteiger partial charge in [-0.1, -0.05) is 0 Å². The highest BCUT2D eigenvalue weighted by Gasteiger charge is 2.14. The van der Waals surface area contributed by atoms with Crippen molar-refractivity contribution in [3.63, 3.8) is 0 Å². The van der Waals surface area contributed by atoms with Crippen LogP contribution in [0.15, 0.2) is 18.5 Å². The van der Waals surface area contributed by atoms with E-state index in [1.54, 1.807) is 4.68 Å². The number of ether oxygens (including phenoxy) is 1. The molecule has 1 heterocycles. The van der Waals surface area contributed by atoms with Gasteiger partial charge in [0.15, 0.2) is 23.2 Å². The van der Waals surface area contributed by atoms with Gasteiger partial charge < -0.3 is 10.5 Å². The van der Waals surface area contributed by atoms with Gasteiger partial charge in [-0.25, -0.2) is 18.4 Å². The third kappa shape index (κ3) is 3.11. The monoisotopic (exact) mass is 282 g/mol. The number of hydrogen-bond donors (Lipinski definition) is 1. The van der Waals surface area contributed by atoms with E-state index < -0.39 is 17.4 Å². The van der Waals surface area contributed by atoms with Crippen LogP contribution in [-0.2, 0) is 19.6 Å². The third-order valence-corrected chi connectivity index (χ3v) is 2.83. The smallest absolute Gasteiger partial charge is 0.191 e. The Labute approximate surface area is 115 Å². The molecular formula is C13H16F2N4O. The van der Waals surface area contributed by atoms with Crippen LogP contribution in [0.1, 0.15) is 18.3 Å². The van der Waals surface area contributed by atoms with Gasteiger partial charge >= 0.3 is 0 Å². The Hall–Kier alpha value is -2.02. The van der Waals surface area contributed by atoms with E-state index >= 15 is 0 Å². The van der Waals surface area contributed by atoms with E-state index in [1.165, 1.54) is 18.5 Å². The maximum Gasteiger partial charge on any atom is 0.191 e. The maximum atomic E-state index is 13.8. The second-order valence-corrected chi connectivity index (χ2v) is 4.21. The molecule has 0 spiro atoms. The van der Waals surface area contributed by atoms with Crippen LogP contribution in [0.25, 0.3) is 0 Å². The zero-order chi connectivity index (χ0) is 14.5. The van der Waals surface area contributed by atoms with Gasteiger partial charge in [0.1, 0.15) is 12.9 Å². The van der Waals surface area contributed by atoms with Crippen molar-refractivity contribution >= 4 is 0 Å². The van der Waals surface area contributed by atoms with Crippen molar-refractivity contribution in [2.24, 2.45) is 5.73 Å². The Bertz CT molecular complexity index is 562. The Balaban J connectivity index is 2.13. The standard InChI is InChI=1S/C13H16F2N4O/c1-2-19-12(17-8-18-19)7-20-13-10(14)5-9(3-4-16)6-11(13)15/h5-6,8H,2-4,7,16H2,1H3. The molecule has 5 nitrogen and oxygen atoms in total. The van der Waals surface area contributed by atoms with E-state index in [0.29, 0.717) is 30.9 Å². The van der Waals surface area contributed by atoms with E-state index in [2.05, 4.69) is 10.1 Å². The molecule has 0 radical (unpaired) electrons. The van der Waals surface area contributed by atoms with E-state index in [9.17, 15) is 8.78 Å². The molecule has 0 unspecified atom stereocenters. The lowest BCUT2D eigenvalue weighted by atomic mass is 10.1. The predicted octanol–water partition coefficient (Wildman–Crippen LogP) is 1.66. The predicted molar refractivity (Wildman–Crippen MR) is 69.1 cm³/mol. The summed E-state index contributed by atoms with van der Waals surface area (Å²) in [6.45, 7) is 2.79. The summed E-state index contributed by atoms with van der Waals surface area (Å²) in [5.74, 6) is -1.37. The highest BCUT2D eigenvalue weighted by atomic mass is 19.1. The number of aryl methyl sites for hydroxylation is 1. The molecule has 0 amide bonds. The lowest BCUT2D eigenvalue weighted by Gasteiger charge is -2.10. The van der Waals surface area contributed by atoms with Crippen molar-refractivity contribution < 1.29 is 13.5 Å². The average molecular weight is 282 g/mol. The van der Waals surface area contributed by atoms with Gasteiger partial charge in [0.2, 0.25) is 0 Å². The lowest BCUT2D eigenvalue weighted by Crippen LogP contribution is -2.09. The van der Waals surface area contributed by atoms with Crippen molar-refractivity contribution in [1.82, 2.24) is 14.8 Å². The molecule has 1 aromatic heterocycles. The van der Waals surface area contributed by atoms with E-state index in [0.717, 1.165) is 0 Å². The lowest BCUT2D eigenvalue weighted by molar-refractivity contribution is 0.259. The van der Waals surface area contributed by atoms with Crippen LogP contribution in [0, 0.1) is 11.6 Å². The molecule has 2 aromatic rings. The summed E-state index contributed by atoms with van der Waals surface area (Å²) in [5.41, 5.74) is 5.87. The van der Waals surface area contributed by atoms with E-state index in [-0.39, 0.29) is 6.61 Å². The summed E-state index contributed by atoms with van der Waals surface area (Å²) in [5, 5.41) is 3.95. The zero-order valence-corrected chi connectivity index (χ0v) is 11.1. The molecule has 20 heavy (non-hydrogen) atoms. The van der Waals surface area contributed by atoms with Gasteiger partial charge in [-0.15, -0.1) is 0 Å². The van der Waals surface area contributed by atoms with Gasteiger partial charge in [-0.05, 0) is 37.6 Å². The van der Waals surface area contributed by atoms with Crippen molar-refractivity contribution in [3.05, 3.63) is 41.5 Å². The van der Waals surface area contributed by atoms with Crippen LogP contribution in [0.3, 0.4) is 0 Å². The van der Waals surface area contributed by atoms with Crippen LogP contribution >= 0.6 is 0 Å². The SMILES string of the molecule is CCn1ncnc1COc1c(F)cc(CCN)cc1F. The Morgan fingerprint density at radius 3 is 2.60 bits per heavy atom. The number of rotatable bonds is 6. The molecule has 0 aliphatic heterocycles. The Kier molecular flexibility index (Phi) is 4.62. The summed E-state index contributed by atoms with van der Waals surface area (Å²) in [6.07, 6.45) is 1.79. The molecule has 0 bridgehead atoms. The van der Waals surface area contributed by atoms with Crippen LogP contribution in [0.4, 0.5) is 8.78 Å². The first-order valence-electron chi connectivity index (χ1n) is 6.33. The second kappa shape index (κ2) is 6.42. The molecule has 0 fully saturated rings. The minimum Gasteiger partial charge on any atom is -0.479 e. The quantitative estimate of drug-likeness (QED) is 0.875. The molecule has 0 aliphatic carbocycles. The van der Waals surface area contributed by atoms with Crippen molar-refractivity contribution in [3.8, 4) is 5.75 Å². The third-order valence-electron chi connectivity index (χ3n) is 2.83. The van der Waals surface area contributed by atoms with Crippen molar-refractivity contribution in [1.29, 1.82) is 0 Å². The van der Waals surface area contributed by atoms with E-state index in [4.69, 9.17) is 10.5 Å². The molecule has 2 N–H and O–H groups in total. The number of halogens is 2. The summed E-state index contributed by atoms with van der Waals surface area (Å²) < 4.78 is 34.4. The topological polar surface area (TPSA) is 66.0 Å². The fraction of sp³-hybridized carbons (Fsp3) is 0.385. The first-order chi connectivity index (χ1) is 9.65. The summed E-state index contributed by atoms with van der Waals surface area (Å²) in [6, 6.07) is 2.46. The number of benzene rings is 1. The Morgan fingerprint density at radius 2 is 2.00 bits per heavy atom. The fourth-order valence-corrected chi connectivity index (χ4v) is 1.86. The van der Waals surface area contributed by atoms with Crippen LogP contribution in [-0.4, -0.2) is 21.3 Å². The van der Waals surface area contributed by atoms with Crippen LogP contribution in [0.5, 0.6) is 5.75 Å². The number of aromatic nitrogens is 3. The molecule has 0 aliphatic rings. The highest BCUT2D eigenvalue weighted by molar-refractivity contribution is 5.31. The van der Waals surface area contributed by atoms with Gasteiger partial charge in [0.05, 0.1) is 0 Å². The minimum atomic E-state index is -0.740. The molecule has 0 atom stereocenters. The van der Waals surface area contributed by atoms with E-state index in [1.807, 2.05) is 6.92 Å². The van der Waals surface area contributed by atoms with Crippen LogP contribution < -0.4 is 10.5 Å². The molecule has 0 saturated heterocycles. The summed E-state index contributed by atoms with van der Waals surface area (Å²) in [4.78, 5) is 3.97. The number of nitrogens with zero attached hydrogens (tertiary/aromatic N) is 3. The summed E-state index contributed by atoms with van der Waals surface area (Å²) in [7, 11) is 0. The largest absolute Gasteiger partial charge is 0.479 e. The normalized spacial score (nSPS) is 10.8. The second-order valence-electron chi connectivity index (χ2n) is 4.21. The van der Waals surface area contributed by atoms with Crippen LogP contribution in [0.2, 0.25) is 0 Å². The molecular weight excluding hydrogens is 266 g/mol. The number of nitrogens with two attached hydrogens (primary N) is 1. The zero-order valence-electron chi connectivity index (χ0n) is 11.1. The van der Waals surface area contributed by atoms with Gasteiger partial charge in [0.25, 0.3) is 0 Å². The van der Waals surface area contributed by atoms with Gasteiger partial charge in [-0.3, -0.25) is 0 Å². The first-order valence-corrected chi connectivity index (χ1v) is 6.33. The summed E-state index contributed by atoms with van der Waals surface area (Å²) >= 11 is 0. The first kappa shape index (κ1) is 14.4. The van der Waals surface area contributed by atoms with Gasteiger partial charge in [0, 0.05) is 6.54 Å². The number of hydrogen-bond acceptors (Lipinski definition) is 4. The van der Waals surface area contributed by atoms with Gasteiger partial charge in [-0.2, -0.15) is 5.10 Å². The average Bonchev–Trinajstić information content (AvgIpc) is 2.85. The molecule has 0 saturated carbocycles. The highest BCUT2D eigenvalue weighted by Crippen LogP contribution is 2.24. The van der Waals surface area contributed by atoms with Crippen molar-refractivity contribution in [2.45, 2.75) is 26.5 Å². The fourth-order valence-electron chi connectivity index (χ4n) is 1.86. The Morgan fingerprint density at radius 1 is 1.30 bits per heavy atom. The molecule has 108 valence electrons. The molecule has 1 aromatic carbocycles. The maximum absolute atomic E-state index is 13.8. The molecule has 2 rings (SSSR count). The molecule has 7 heteroatoms. The minimum absolute atomic E-state index is 0.0437. The van der Waals surface area contributed by atoms with Crippen molar-refractivity contribution in [2.75, 3.05) is 6.54 Å².